The van der Waals surface area contributed by atoms with Crippen LogP contribution in [0.25, 0.3) is 0 Å². The molecule has 0 heterocycles. The van der Waals surface area contributed by atoms with Gasteiger partial charge >= 0.3 is 0 Å². The summed E-state index contributed by atoms with van der Waals surface area (Å²) >= 11 is 0. The number of sulfonamides is 1. The van der Waals surface area contributed by atoms with E-state index in [1.807, 2.05) is 0 Å². The van der Waals surface area contributed by atoms with Gasteiger partial charge in [0.2, 0.25) is 15.9 Å². The second-order valence-corrected chi connectivity index (χ2v) is 7.28. The molecular weight excluding hydrogens is 366 g/mol. The molecule has 0 aliphatic heterocycles. The summed E-state index contributed by atoms with van der Waals surface area (Å²) in [6, 6.07) is 10.7. The van der Waals surface area contributed by atoms with Gasteiger partial charge in [0.15, 0.2) is 0 Å². The highest BCUT2D eigenvalue weighted by molar-refractivity contribution is 7.92. The van der Waals surface area contributed by atoms with Gasteiger partial charge in [-0.25, -0.2) is 17.2 Å². The third-order valence-electron chi connectivity index (χ3n) is 3.32. The third-order valence-corrected chi connectivity index (χ3v) is 4.44. The van der Waals surface area contributed by atoms with Crippen molar-refractivity contribution in [1.29, 1.82) is 0 Å². The van der Waals surface area contributed by atoms with Crippen molar-refractivity contribution in [2.75, 3.05) is 30.3 Å². The summed E-state index contributed by atoms with van der Waals surface area (Å²) in [5, 5.41) is 2.49. The van der Waals surface area contributed by atoms with Crippen molar-refractivity contribution in [3.63, 3.8) is 0 Å². The van der Waals surface area contributed by atoms with Gasteiger partial charge in [-0.05, 0) is 36.4 Å². The maximum atomic E-state index is 13.9. The Kier molecular flexibility index (Phi) is 6.51. The van der Waals surface area contributed by atoms with Gasteiger partial charge in [-0.2, -0.15) is 0 Å². The van der Waals surface area contributed by atoms with Crippen molar-refractivity contribution in [2.24, 2.45) is 0 Å². The van der Waals surface area contributed by atoms with E-state index in [1.54, 1.807) is 0 Å². The fourth-order valence-corrected chi connectivity index (χ4v) is 2.97. The van der Waals surface area contributed by atoms with Crippen LogP contribution in [0.2, 0.25) is 0 Å². The Labute approximate surface area is 150 Å². The number of carbonyl (C=O) groups is 1. The summed E-state index contributed by atoms with van der Waals surface area (Å²) in [5.74, 6) is -1.31. The highest BCUT2D eigenvalue weighted by atomic mass is 32.2. The number of anilines is 1. The fraction of sp³-hybridized carbons (Fsp3) is 0.235. The second-order valence-electron chi connectivity index (χ2n) is 5.37. The predicted octanol–water partition coefficient (Wildman–Crippen LogP) is 1.93. The molecule has 0 bridgehead atoms. The maximum absolute atomic E-state index is 13.9. The standard InChI is InChI=1S/C17H18F2N2O4S/c1-26(23,24)21(16-5-3-2-4-15(16)19)12-17(22)20-10-11-25-14-8-6-13(18)7-9-14/h2-9H,10-12H2,1H3,(H,20,22). The van der Waals surface area contributed by atoms with Gasteiger partial charge in [0.1, 0.15) is 30.5 Å². The molecule has 2 aromatic carbocycles. The Morgan fingerprint density at radius 2 is 1.77 bits per heavy atom. The average molecular weight is 384 g/mol. The largest absolute Gasteiger partial charge is 0.492 e. The summed E-state index contributed by atoms with van der Waals surface area (Å²) in [6.45, 7) is -0.350. The van der Waals surface area contributed by atoms with E-state index in [0.29, 0.717) is 10.1 Å². The first-order valence-electron chi connectivity index (χ1n) is 7.64. The number of halogens is 2. The Bertz CT molecular complexity index is 857. The SMILES string of the molecule is CS(=O)(=O)N(CC(=O)NCCOc1ccc(F)cc1)c1ccccc1F. The Morgan fingerprint density at radius 1 is 1.12 bits per heavy atom. The van der Waals surface area contributed by atoms with E-state index in [9.17, 15) is 22.0 Å². The Morgan fingerprint density at radius 3 is 2.38 bits per heavy atom. The van der Waals surface area contributed by atoms with Crippen molar-refractivity contribution in [1.82, 2.24) is 5.32 Å². The fourth-order valence-electron chi connectivity index (χ4n) is 2.11. The molecule has 0 radical (unpaired) electrons. The highest BCUT2D eigenvalue weighted by Crippen LogP contribution is 2.20. The molecular formula is C17H18F2N2O4S. The molecule has 9 heteroatoms. The molecule has 0 saturated heterocycles. The number of nitrogens with one attached hydrogen (secondary N) is 1. The Hall–Kier alpha value is -2.68. The minimum absolute atomic E-state index is 0.102. The van der Waals surface area contributed by atoms with Crippen molar-refractivity contribution >= 4 is 21.6 Å². The van der Waals surface area contributed by atoms with Crippen LogP contribution in [0.5, 0.6) is 5.75 Å². The van der Waals surface area contributed by atoms with E-state index < -0.39 is 28.3 Å². The summed E-state index contributed by atoms with van der Waals surface area (Å²) in [7, 11) is -3.85. The van der Waals surface area contributed by atoms with Crippen LogP contribution < -0.4 is 14.4 Å². The van der Waals surface area contributed by atoms with Gasteiger partial charge in [0.05, 0.1) is 18.5 Å². The lowest BCUT2D eigenvalue weighted by atomic mass is 10.3. The number of carbonyl (C=O) groups excluding carboxylic acids is 1. The van der Waals surface area contributed by atoms with Crippen molar-refractivity contribution in [3.8, 4) is 5.75 Å². The molecule has 0 unspecified atom stereocenters. The van der Waals surface area contributed by atoms with E-state index in [1.165, 1.54) is 42.5 Å². The zero-order valence-electron chi connectivity index (χ0n) is 14.0. The van der Waals surface area contributed by atoms with Crippen LogP contribution in [0.3, 0.4) is 0 Å². The molecule has 0 aliphatic carbocycles. The van der Waals surface area contributed by atoms with E-state index in [0.717, 1.165) is 12.3 Å². The van der Waals surface area contributed by atoms with Crippen LogP contribution in [0.4, 0.5) is 14.5 Å². The zero-order valence-corrected chi connectivity index (χ0v) is 14.8. The molecule has 0 aromatic heterocycles. The first-order chi connectivity index (χ1) is 12.3. The first kappa shape index (κ1) is 19.6. The van der Waals surface area contributed by atoms with Gasteiger partial charge in [-0.1, -0.05) is 12.1 Å². The maximum Gasteiger partial charge on any atom is 0.240 e. The van der Waals surface area contributed by atoms with Gasteiger partial charge in [0, 0.05) is 0 Å². The van der Waals surface area contributed by atoms with Gasteiger partial charge in [-0.15, -0.1) is 0 Å². The highest BCUT2D eigenvalue weighted by Gasteiger charge is 2.23. The minimum Gasteiger partial charge on any atom is -0.492 e. The van der Waals surface area contributed by atoms with Crippen LogP contribution in [0, 0.1) is 11.6 Å². The molecule has 2 rings (SSSR count). The van der Waals surface area contributed by atoms with Crippen molar-refractivity contribution in [3.05, 3.63) is 60.2 Å². The predicted molar refractivity (Wildman–Crippen MR) is 93.5 cm³/mol. The first-order valence-corrected chi connectivity index (χ1v) is 9.49. The monoisotopic (exact) mass is 384 g/mol. The lowest BCUT2D eigenvalue weighted by Gasteiger charge is -2.22. The summed E-state index contributed by atoms with van der Waals surface area (Å²) in [5.41, 5.74) is -0.201. The summed E-state index contributed by atoms with van der Waals surface area (Å²) in [4.78, 5) is 12.0. The van der Waals surface area contributed by atoms with Crippen molar-refractivity contribution < 1.29 is 26.7 Å². The van der Waals surface area contributed by atoms with Crippen molar-refractivity contribution in [2.45, 2.75) is 0 Å². The van der Waals surface area contributed by atoms with Crippen LogP contribution in [0.15, 0.2) is 48.5 Å². The van der Waals surface area contributed by atoms with E-state index in [-0.39, 0.29) is 24.7 Å². The molecule has 26 heavy (non-hydrogen) atoms. The summed E-state index contributed by atoms with van der Waals surface area (Å²) in [6.07, 6.45) is 0.893. The lowest BCUT2D eigenvalue weighted by molar-refractivity contribution is -0.119. The molecule has 0 aliphatic rings. The number of hydrogen-bond donors (Lipinski definition) is 1. The molecule has 0 fully saturated rings. The molecule has 1 amide bonds. The molecule has 0 spiro atoms. The minimum atomic E-state index is -3.85. The van der Waals surface area contributed by atoms with E-state index in [2.05, 4.69) is 5.32 Å². The number of nitrogens with zero attached hydrogens (tertiary/aromatic N) is 1. The number of ether oxygens (including phenoxy) is 1. The number of benzene rings is 2. The average Bonchev–Trinajstić information content (AvgIpc) is 2.58. The van der Waals surface area contributed by atoms with E-state index in [4.69, 9.17) is 4.74 Å². The molecule has 1 N–H and O–H groups in total. The molecule has 0 saturated carbocycles. The van der Waals surface area contributed by atoms with Crippen LogP contribution in [-0.2, 0) is 14.8 Å². The Balaban J connectivity index is 1.89. The normalized spacial score (nSPS) is 11.0. The van der Waals surface area contributed by atoms with Gasteiger partial charge in [-0.3, -0.25) is 9.10 Å². The third kappa shape index (κ3) is 5.69. The summed E-state index contributed by atoms with van der Waals surface area (Å²) < 4.78 is 56.4. The quantitative estimate of drug-likeness (QED) is 0.706. The van der Waals surface area contributed by atoms with Gasteiger partial charge in [0.25, 0.3) is 0 Å². The smallest absolute Gasteiger partial charge is 0.240 e. The molecule has 140 valence electrons. The number of amides is 1. The second kappa shape index (κ2) is 8.61. The number of hydrogen-bond acceptors (Lipinski definition) is 4. The lowest BCUT2D eigenvalue weighted by Crippen LogP contribution is -2.41. The molecule has 2 aromatic rings. The van der Waals surface area contributed by atoms with Crippen LogP contribution >= 0.6 is 0 Å². The number of para-hydroxylation sites is 1. The number of rotatable bonds is 8. The van der Waals surface area contributed by atoms with Crippen LogP contribution in [-0.4, -0.2) is 40.3 Å². The molecule has 0 atom stereocenters. The van der Waals surface area contributed by atoms with Crippen LogP contribution in [0.1, 0.15) is 0 Å². The van der Waals surface area contributed by atoms with Gasteiger partial charge < -0.3 is 10.1 Å². The topological polar surface area (TPSA) is 75.7 Å². The van der Waals surface area contributed by atoms with E-state index >= 15 is 0 Å². The zero-order chi connectivity index (χ0) is 19.2. The molecule has 6 nitrogen and oxygen atoms in total.